The van der Waals surface area contributed by atoms with E-state index in [0.29, 0.717) is 18.0 Å². The largest absolute Gasteiger partial charge is 0.573 e. The lowest BCUT2D eigenvalue weighted by Gasteiger charge is -2.15. The number of aryl methyl sites for hydroxylation is 1. The van der Waals surface area contributed by atoms with Crippen LogP contribution in [0.1, 0.15) is 55.7 Å². The minimum absolute atomic E-state index is 0.0506. The Morgan fingerprint density at radius 1 is 1.11 bits per heavy atom. The van der Waals surface area contributed by atoms with Gasteiger partial charge in [0.15, 0.2) is 6.61 Å². The summed E-state index contributed by atoms with van der Waals surface area (Å²) in [7, 11) is 0. The Labute approximate surface area is 212 Å². The monoisotopic (exact) mass is 522 g/mol. The van der Waals surface area contributed by atoms with E-state index >= 15 is 0 Å². The van der Waals surface area contributed by atoms with Crippen molar-refractivity contribution in [2.75, 3.05) is 13.2 Å². The van der Waals surface area contributed by atoms with E-state index in [-0.39, 0.29) is 23.5 Å². The Hall–Kier alpha value is -3.14. The molecule has 0 radical (unpaired) electrons. The summed E-state index contributed by atoms with van der Waals surface area (Å²) in [6.45, 7) is 10.0. The summed E-state index contributed by atoms with van der Waals surface area (Å²) in [4.78, 5) is 12.6. The molecule has 10 heteroatoms. The van der Waals surface area contributed by atoms with Crippen LogP contribution in [0, 0.1) is 6.92 Å². The van der Waals surface area contributed by atoms with Gasteiger partial charge in [-0.25, -0.2) is 9.48 Å². The van der Waals surface area contributed by atoms with E-state index in [2.05, 4.69) is 11.7 Å². The van der Waals surface area contributed by atoms with Crippen LogP contribution in [0.15, 0.2) is 53.6 Å². The van der Waals surface area contributed by atoms with Crippen molar-refractivity contribution in [3.8, 4) is 17.2 Å². The number of ether oxygens (including phenoxy) is 3. The molecule has 2 aromatic carbocycles. The van der Waals surface area contributed by atoms with Gasteiger partial charge in [0.1, 0.15) is 11.5 Å². The molecule has 3 rings (SSSR count). The second-order valence-electron chi connectivity index (χ2n) is 8.39. The predicted molar refractivity (Wildman–Crippen MR) is 132 cm³/mol. The summed E-state index contributed by atoms with van der Waals surface area (Å²) in [6.07, 6.45) is -2.82. The summed E-state index contributed by atoms with van der Waals surface area (Å²) in [5.41, 5.74) is 3.48. The average molecular weight is 523 g/mol. The maximum absolute atomic E-state index is 12.5. The molecule has 0 aliphatic heterocycles. The van der Waals surface area contributed by atoms with Crippen LogP contribution in [0.2, 0.25) is 0 Å². The van der Waals surface area contributed by atoms with Crippen molar-refractivity contribution in [3.63, 3.8) is 0 Å². The molecule has 1 heterocycles. The zero-order valence-electron chi connectivity index (χ0n) is 20.8. The van der Waals surface area contributed by atoms with Crippen LogP contribution in [0.5, 0.6) is 11.5 Å². The van der Waals surface area contributed by atoms with Crippen molar-refractivity contribution >= 4 is 17.7 Å². The number of benzene rings is 2. The van der Waals surface area contributed by atoms with Crippen LogP contribution >= 0.6 is 11.8 Å². The first kappa shape index (κ1) is 27.4. The molecule has 0 saturated carbocycles. The van der Waals surface area contributed by atoms with E-state index in [1.165, 1.54) is 24.3 Å². The molecule has 0 aliphatic rings. The molecule has 6 nitrogen and oxygen atoms in total. The molecule has 0 aliphatic carbocycles. The van der Waals surface area contributed by atoms with E-state index < -0.39 is 12.3 Å². The highest BCUT2D eigenvalue weighted by Crippen LogP contribution is 2.39. The van der Waals surface area contributed by atoms with Gasteiger partial charge in [0, 0.05) is 21.9 Å². The lowest BCUT2D eigenvalue weighted by Crippen LogP contribution is -2.17. The molecule has 0 N–H and O–H groups in total. The number of hydrogen-bond acceptors (Lipinski definition) is 6. The van der Waals surface area contributed by atoms with Gasteiger partial charge in [-0.1, -0.05) is 13.8 Å². The Balaban J connectivity index is 1.75. The molecule has 1 atom stereocenters. The van der Waals surface area contributed by atoms with Crippen molar-refractivity contribution in [2.45, 2.75) is 57.0 Å². The first-order chi connectivity index (χ1) is 17.0. The number of halogens is 3. The second kappa shape index (κ2) is 11.7. The topological polar surface area (TPSA) is 62.6 Å². The van der Waals surface area contributed by atoms with Crippen molar-refractivity contribution in [3.05, 3.63) is 65.5 Å². The molecular weight excluding hydrogens is 493 g/mol. The molecule has 0 saturated heterocycles. The maximum atomic E-state index is 12.5. The molecule has 1 aromatic heterocycles. The fraction of sp³-hybridized carbons (Fsp3) is 0.385. The van der Waals surface area contributed by atoms with Crippen LogP contribution in [-0.4, -0.2) is 35.3 Å². The summed E-state index contributed by atoms with van der Waals surface area (Å²) in [6, 6.07) is 11.4. The Kier molecular flexibility index (Phi) is 8.94. The van der Waals surface area contributed by atoms with E-state index in [1.807, 2.05) is 45.2 Å². The van der Waals surface area contributed by atoms with Gasteiger partial charge in [0.2, 0.25) is 0 Å². The number of thioether (sulfide) groups is 1. The molecule has 3 aromatic rings. The second-order valence-corrected chi connectivity index (χ2v) is 9.81. The van der Waals surface area contributed by atoms with Gasteiger partial charge in [0.25, 0.3) is 0 Å². The molecule has 36 heavy (non-hydrogen) atoms. The van der Waals surface area contributed by atoms with E-state index in [1.54, 1.807) is 23.4 Å². The first-order valence-corrected chi connectivity index (χ1v) is 12.4. The third-order valence-corrected chi connectivity index (χ3v) is 6.34. The highest BCUT2D eigenvalue weighted by molar-refractivity contribution is 7.99. The van der Waals surface area contributed by atoms with Gasteiger partial charge in [-0.05, 0) is 74.7 Å². The molecule has 0 fully saturated rings. The highest BCUT2D eigenvalue weighted by atomic mass is 32.2. The van der Waals surface area contributed by atoms with Crippen LogP contribution in [-0.2, 0) is 9.53 Å². The van der Waals surface area contributed by atoms with Gasteiger partial charge in [0.05, 0.1) is 18.0 Å². The van der Waals surface area contributed by atoms with Crippen molar-refractivity contribution in [2.24, 2.45) is 0 Å². The summed E-state index contributed by atoms with van der Waals surface area (Å²) < 4.78 is 53.5. The van der Waals surface area contributed by atoms with Crippen LogP contribution in [0.25, 0.3) is 5.69 Å². The highest BCUT2D eigenvalue weighted by Gasteiger charge is 2.31. The number of esters is 1. The van der Waals surface area contributed by atoms with Crippen LogP contribution < -0.4 is 9.47 Å². The van der Waals surface area contributed by atoms with Gasteiger partial charge in [-0.15, -0.1) is 24.9 Å². The van der Waals surface area contributed by atoms with Gasteiger partial charge in [-0.3, -0.25) is 0 Å². The Bertz CT molecular complexity index is 1180. The maximum Gasteiger partial charge on any atom is 0.573 e. The van der Waals surface area contributed by atoms with E-state index in [4.69, 9.17) is 14.6 Å². The molecule has 194 valence electrons. The van der Waals surface area contributed by atoms with Crippen molar-refractivity contribution in [1.82, 2.24) is 9.78 Å². The number of rotatable bonds is 10. The zero-order valence-corrected chi connectivity index (χ0v) is 21.6. The lowest BCUT2D eigenvalue weighted by molar-refractivity contribution is -0.274. The number of nitrogens with zero attached hydrogens (tertiary/aromatic N) is 2. The summed E-state index contributed by atoms with van der Waals surface area (Å²) in [5.74, 6) is 0.0765. The molecule has 0 spiro atoms. The minimum atomic E-state index is -4.73. The molecule has 1 unspecified atom stereocenters. The average Bonchev–Trinajstić information content (AvgIpc) is 3.24. The van der Waals surface area contributed by atoms with Gasteiger partial charge in [-0.2, -0.15) is 5.10 Å². The molecule has 0 bridgehead atoms. The third-order valence-electron chi connectivity index (χ3n) is 5.20. The number of alkyl halides is 3. The van der Waals surface area contributed by atoms with E-state index in [0.717, 1.165) is 21.7 Å². The Morgan fingerprint density at radius 2 is 1.81 bits per heavy atom. The molecular formula is C26H29F3N2O4S. The predicted octanol–water partition coefficient (Wildman–Crippen LogP) is 7.00. The summed E-state index contributed by atoms with van der Waals surface area (Å²) >= 11 is 1.66. The van der Waals surface area contributed by atoms with Crippen molar-refractivity contribution in [1.29, 1.82) is 0 Å². The van der Waals surface area contributed by atoms with Crippen LogP contribution in [0.3, 0.4) is 0 Å². The number of carbonyl (C=O) groups is 1. The van der Waals surface area contributed by atoms with Crippen molar-refractivity contribution < 1.29 is 32.2 Å². The van der Waals surface area contributed by atoms with E-state index in [9.17, 15) is 18.0 Å². The number of aromatic nitrogens is 2. The van der Waals surface area contributed by atoms with Crippen LogP contribution in [0.4, 0.5) is 13.2 Å². The summed E-state index contributed by atoms with van der Waals surface area (Å²) in [5, 5.41) is 4.76. The number of hydrogen-bond donors (Lipinski definition) is 0. The fourth-order valence-corrected chi connectivity index (χ4v) is 4.67. The fourth-order valence-electron chi connectivity index (χ4n) is 3.56. The zero-order chi connectivity index (χ0) is 26.5. The third kappa shape index (κ3) is 7.43. The number of carbonyl (C=O) groups excluding carboxylic acids is 1. The molecule has 0 amide bonds. The first-order valence-electron chi connectivity index (χ1n) is 11.5. The van der Waals surface area contributed by atoms with Gasteiger partial charge >= 0.3 is 12.3 Å². The van der Waals surface area contributed by atoms with Gasteiger partial charge < -0.3 is 14.2 Å². The lowest BCUT2D eigenvalue weighted by atomic mass is 10.0. The minimum Gasteiger partial charge on any atom is -0.482 e. The quantitative estimate of drug-likeness (QED) is 0.211. The Morgan fingerprint density at radius 3 is 2.39 bits per heavy atom. The SMILES string of the molecule is CCOC(=O)COc1ccc(SC(C)c2cn(-c3ccc(OC(F)(F)F)cc3)nc2C(C)C)cc1C. The smallest absolute Gasteiger partial charge is 0.482 e. The standard InChI is InChI=1S/C26H29F3N2O4S/c1-6-33-24(32)15-34-23-12-11-21(13-17(23)4)36-18(5)22-14-31(30-25(22)16(2)3)19-7-9-20(10-8-19)35-26(27,28)29/h7-14,16,18H,6,15H2,1-5H3. The normalized spacial score (nSPS) is 12.5.